The molecule has 0 bridgehead atoms. The molecule has 2 amide bonds. The van der Waals surface area contributed by atoms with Gasteiger partial charge in [0.2, 0.25) is 21.8 Å². The van der Waals surface area contributed by atoms with Crippen LogP contribution in [0.4, 0.5) is 5.69 Å². The minimum Gasteiger partial charge on any atom is -0.350 e. The first-order valence-corrected chi connectivity index (χ1v) is 14.4. The van der Waals surface area contributed by atoms with Crippen molar-refractivity contribution in [1.29, 1.82) is 0 Å². The van der Waals surface area contributed by atoms with Gasteiger partial charge in [0.1, 0.15) is 6.04 Å². The van der Waals surface area contributed by atoms with Gasteiger partial charge in [-0.05, 0) is 69.5 Å². The maximum absolute atomic E-state index is 13.5. The predicted molar refractivity (Wildman–Crippen MR) is 147 cm³/mol. The molecular formula is C26H35Cl2N3O4S. The zero-order valence-corrected chi connectivity index (χ0v) is 23.8. The molecule has 2 rings (SSSR count). The highest BCUT2D eigenvalue weighted by Crippen LogP contribution is 2.23. The van der Waals surface area contributed by atoms with Gasteiger partial charge in [0.25, 0.3) is 0 Å². The number of nitrogens with one attached hydrogen (secondary N) is 1. The van der Waals surface area contributed by atoms with Crippen molar-refractivity contribution in [3.63, 3.8) is 0 Å². The molecule has 0 saturated carbocycles. The van der Waals surface area contributed by atoms with Crippen LogP contribution >= 0.6 is 23.2 Å². The Labute approximate surface area is 224 Å². The van der Waals surface area contributed by atoms with Gasteiger partial charge in [0, 0.05) is 35.1 Å². The van der Waals surface area contributed by atoms with Crippen molar-refractivity contribution in [3.8, 4) is 0 Å². The lowest BCUT2D eigenvalue weighted by Gasteiger charge is -2.33. The monoisotopic (exact) mass is 555 g/mol. The Bertz CT molecular complexity index is 1150. The van der Waals surface area contributed by atoms with Gasteiger partial charge in [-0.2, -0.15) is 0 Å². The standard InChI is InChI=1S/C26H35Cl2N3O4S/c1-6-23(25(33)29-26(2,3)4)30(18-19-10-7-8-11-22(19)28)24(32)12-9-17-31(36(5,34)35)21-15-13-20(27)14-16-21/h7-8,10-11,13-16,23H,6,9,12,17-18H2,1-5H3,(H,29,33). The number of rotatable bonds is 11. The Morgan fingerprint density at radius 3 is 2.17 bits per heavy atom. The molecule has 36 heavy (non-hydrogen) atoms. The highest BCUT2D eigenvalue weighted by Gasteiger charge is 2.31. The molecule has 10 heteroatoms. The Morgan fingerprint density at radius 2 is 1.64 bits per heavy atom. The summed E-state index contributed by atoms with van der Waals surface area (Å²) in [6.07, 6.45) is 1.86. The fourth-order valence-corrected chi connectivity index (χ4v) is 5.08. The maximum atomic E-state index is 13.5. The number of hydrogen-bond donors (Lipinski definition) is 1. The van der Waals surface area contributed by atoms with Crippen LogP contribution in [0.2, 0.25) is 10.0 Å². The van der Waals surface area contributed by atoms with E-state index in [1.807, 2.05) is 39.8 Å². The van der Waals surface area contributed by atoms with Crippen molar-refractivity contribution in [1.82, 2.24) is 10.2 Å². The molecule has 0 aliphatic rings. The second-order valence-electron chi connectivity index (χ2n) is 9.69. The van der Waals surface area contributed by atoms with E-state index in [9.17, 15) is 18.0 Å². The molecule has 2 aromatic carbocycles. The Hall–Kier alpha value is -2.29. The number of halogens is 2. The zero-order valence-electron chi connectivity index (χ0n) is 21.4. The summed E-state index contributed by atoms with van der Waals surface area (Å²) >= 11 is 12.3. The lowest BCUT2D eigenvalue weighted by Crippen LogP contribution is -2.53. The van der Waals surface area contributed by atoms with Gasteiger partial charge < -0.3 is 10.2 Å². The van der Waals surface area contributed by atoms with Crippen LogP contribution in [0.15, 0.2) is 48.5 Å². The van der Waals surface area contributed by atoms with Crippen LogP contribution in [0.25, 0.3) is 0 Å². The first kappa shape index (κ1) is 29.9. The van der Waals surface area contributed by atoms with Crippen molar-refractivity contribution < 1.29 is 18.0 Å². The van der Waals surface area contributed by atoms with Crippen LogP contribution in [0.5, 0.6) is 0 Å². The first-order chi connectivity index (χ1) is 16.7. The molecular weight excluding hydrogens is 521 g/mol. The number of anilines is 1. The minimum absolute atomic E-state index is 0.0589. The molecule has 0 aliphatic carbocycles. The summed E-state index contributed by atoms with van der Waals surface area (Å²) < 4.78 is 26.1. The molecule has 0 radical (unpaired) electrons. The van der Waals surface area contributed by atoms with Crippen LogP contribution < -0.4 is 9.62 Å². The van der Waals surface area contributed by atoms with E-state index in [4.69, 9.17) is 23.2 Å². The summed E-state index contributed by atoms with van der Waals surface area (Å²) in [6, 6.07) is 13.0. The highest BCUT2D eigenvalue weighted by molar-refractivity contribution is 7.92. The third-order valence-corrected chi connectivity index (χ3v) is 7.26. The van der Waals surface area contributed by atoms with Crippen LogP contribution in [0.3, 0.4) is 0 Å². The van der Waals surface area contributed by atoms with E-state index in [1.165, 1.54) is 9.21 Å². The highest BCUT2D eigenvalue weighted by atomic mass is 35.5. The third-order valence-electron chi connectivity index (χ3n) is 5.45. The summed E-state index contributed by atoms with van der Waals surface area (Å²) in [7, 11) is -3.57. The van der Waals surface area contributed by atoms with Gasteiger partial charge in [-0.25, -0.2) is 8.42 Å². The van der Waals surface area contributed by atoms with Crippen molar-refractivity contribution in [2.75, 3.05) is 17.1 Å². The van der Waals surface area contributed by atoms with E-state index in [0.717, 1.165) is 11.8 Å². The predicted octanol–water partition coefficient (Wildman–Crippen LogP) is 5.26. The van der Waals surface area contributed by atoms with Crippen molar-refractivity contribution in [3.05, 3.63) is 64.1 Å². The molecule has 0 aliphatic heterocycles. The number of benzene rings is 2. The van der Waals surface area contributed by atoms with E-state index < -0.39 is 21.6 Å². The molecule has 1 N–H and O–H groups in total. The Morgan fingerprint density at radius 1 is 1.03 bits per heavy atom. The number of nitrogens with zero attached hydrogens (tertiary/aromatic N) is 2. The number of amides is 2. The van der Waals surface area contributed by atoms with Crippen LogP contribution in [0.1, 0.15) is 52.5 Å². The molecule has 1 atom stereocenters. The summed E-state index contributed by atoms with van der Waals surface area (Å²) in [4.78, 5) is 28.1. The average Bonchev–Trinajstić information content (AvgIpc) is 2.76. The quantitative estimate of drug-likeness (QED) is 0.409. The fraction of sp³-hybridized carbons (Fsp3) is 0.462. The number of hydrogen-bond acceptors (Lipinski definition) is 4. The summed E-state index contributed by atoms with van der Waals surface area (Å²) in [6.45, 7) is 7.78. The molecule has 1 unspecified atom stereocenters. The molecule has 2 aromatic rings. The Balaban J connectivity index is 2.24. The summed E-state index contributed by atoms with van der Waals surface area (Å²) in [5.74, 6) is -0.500. The molecule has 0 fully saturated rings. The molecule has 0 saturated heterocycles. The van der Waals surface area contributed by atoms with E-state index in [0.29, 0.717) is 22.2 Å². The van der Waals surface area contributed by atoms with Crippen molar-refractivity contribution in [2.45, 2.75) is 65.1 Å². The fourth-order valence-electron chi connectivity index (χ4n) is 3.79. The van der Waals surface area contributed by atoms with E-state index >= 15 is 0 Å². The average molecular weight is 557 g/mol. The second-order valence-corrected chi connectivity index (χ2v) is 12.4. The van der Waals surface area contributed by atoms with Crippen molar-refractivity contribution >= 4 is 50.7 Å². The number of sulfonamides is 1. The molecule has 0 spiro atoms. The second kappa shape index (κ2) is 12.8. The van der Waals surface area contributed by atoms with Crippen LogP contribution in [0, 0.1) is 0 Å². The molecule has 7 nitrogen and oxygen atoms in total. The van der Waals surface area contributed by atoms with Gasteiger partial charge in [-0.15, -0.1) is 0 Å². The molecule has 0 aromatic heterocycles. The maximum Gasteiger partial charge on any atom is 0.243 e. The normalized spacial score (nSPS) is 12.6. The smallest absolute Gasteiger partial charge is 0.243 e. The van der Waals surface area contributed by atoms with Gasteiger partial charge in [-0.3, -0.25) is 13.9 Å². The van der Waals surface area contributed by atoms with Crippen LogP contribution in [-0.2, 0) is 26.2 Å². The molecule has 198 valence electrons. The van der Waals surface area contributed by atoms with E-state index in [-0.39, 0.29) is 37.7 Å². The van der Waals surface area contributed by atoms with E-state index in [1.54, 1.807) is 36.4 Å². The lowest BCUT2D eigenvalue weighted by molar-refractivity contribution is -0.142. The van der Waals surface area contributed by atoms with Gasteiger partial charge in [0.05, 0.1) is 11.9 Å². The van der Waals surface area contributed by atoms with E-state index in [2.05, 4.69) is 5.32 Å². The summed E-state index contributed by atoms with van der Waals surface area (Å²) in [5, 5.41) is 3.97. The Kier molecular flexibility index (Phi) is 10.6. The minimum atomic E-state index is -3.57. The first-order valence-electron chi connectivity index (χ1n) is 11.8. The SMILES string of the molecule is CCC(C(=O)NC(C)(C)C)N(Cc1ccccc1Cl)C(=O)CCCN(c1ccc(Cl)cc1)S(C)(=O)=O. The van der Waals surface area contributed by atoms with Gasteiger partial charge in [-0.1, -0.05) is 48.3 Å². The van der Waals surface area contributed by atoms with Gasteiger partial charge >= 0.3 is 0 Å². The topological polar surface area (TPSA) is 86.8 Å². The zero-order chi connectivity index (χ0) is 27.1. The largest absolute Gasteiger partial charge is 0.350 e. The number of carbonyl (C=O) groups is 2. The van der Waals surface area contributed by atoms with Crippen LogP contribution in [-0.4, -0.2) is 49.5 Å². The lowest BCUT2D eigenvalue weighted by atomic mass is 10.0. The molecule has 0 heterocycles. The summed E-state index contributed by atoms with van der Waals surface area (Å²) in [5.41, 5.74) is 0.741. The number of carbonyl (C=O) groups excluding carboxylic acids is 2. The third kappa shape index (κ3) is 8.98. The van der Waals surface area contributed by atoms with Gasteiger partial charge in [0.15, 0.2) is 0 Å². The van der Waals surface area contributed by atoms with Crippen molar-refractivity contribution in [2.24, 2.45) is 0 Å².